The van der Waals surface area contributed by atoms with Crippen LogP contribution in [0.15, 0.2) is 72.8 Å². The van der Waals surface area contributed by atoms with E-state index in [1.807, 2.05) is 48.5 Å². The molecule has 1 aliphatic carbocycles. The van der Waals surface area contributed by atoms with Crippen LogP contribution >= 0.6 is 11.6 Å². The first-order valence-corrected chi connectivity index (χ1v) is 12.4. The van der Waals surface area contributed by atoms with Crippen molar-refractivity contribution in [3.63, 3.8) is 0 Å². The molecule has 3 aromatic carbocycles. The lowest BCUT2D eigenvalue weighted by molar-refractivity contribution is -0.910. The van der Waals surface area contributed by atoms with Crippen molar-refractivity contribution in [2.75, 3.05) is 26.2 Å². The van der Waals surface area contributed by atoms with Crippen LogP contribution in [-0.2, 0) is 5.60 Å². The molecule has 3 heteroatoms. The average Bonchev–Trinajstić information content (AvgIpc) is 3.37. The molecule has 0 amide bonds. The van der Waals surface area contributed by atoms with E-state index in [4.69, 9.17) is 11.6 Å². The third-order valence-corrected chi connectivity index (χ3v) is 7.74. The Kier molecular flexibility index (Phi) is 6.06. The minimum Gasteiger partial charge on any atom is -0.842 e. The second-order valence-corrected chi connectivity index (χ2v) is 10.1. The third kappa shape index (κ3) is 4.11. The van der Waals surface area contributed by atoms with Crippen molar-refractivity contribution in [2.45, 2.75) is 37.7 Å². The Morgan fingerprint density at radius 3 is 2.21 bits per heavy atom. The Hall–Kier alpha value is -2.57. The van der Waals surface area contributed by atoms with Crippen LogP contribution in [0.4, 0.5) is 0 Å². The molecule has 1 aliphatic heterocycles. The van der Waals surface area contributed by atoms with Gasteiger partial charge in [-0.15, -0.1) is 0 Å². The van der Waals surface area contributed by atoms with E-state index in [1.165, 1.54) is 12.0 Å². The van der Waals surface area contributed by atoms with Crippen molar-refractivity contribution in [3.05, 3.63) is 94.5 Å². The molecule has 2 atom stereocenters. The zero-order valence-electron chi connectivity index (χ0n) is 19.2. The lowest BCUT2D eigenvalue weighted by Gasteiger charge is -2.37. The van der Waals surface area contributed by atoms with Crippen LogP contribution in [0.5, 0.6) is 0 Å². The summed E-state index contributed by atoms with van der Waals surface area (Å²) >= 11 is 6.09. The highest BCUT2D eigenvalue weighted by molar-refractivity contribution is 6.30. The normalized spacial score (nSPS) is 22.3. The van der Waals surface area contributed by atoms with Crippen LogP contribution in [-0.4, -0.2) is 30.7 Å². The van der Waals surface area contributed by atoms with Gasteiger partial charge in [0, 0.05) is 23.8 Å². The van der Waals surface area contributed by atoms with E-state index in [0.29, 0.717) is 12.3 Å². The number of benzene rings is 3. The molecule has 2 unspecified atom stereocenters. The summed E-state index contributed by atoms with van der Waals surface area (Å²) in [5.41, 5.74) is 3.94. The highest BCUT2D eigenvalue weighted by Crippen LogP contribution is 2.47. The van der Waals surface area contributed by atoms with Gasteiger partial charge in [-0.2, -0.15) is 0 Å². The molecule has 3 aromatic rings. The van der Waals surface area contributed by atoms with Crippen LogP contribution < -0.4 is 5.11 Å². The van der Waals surface area contributed by atoms with E-state index >= 15 is 0 Å². The average molecular weight is 456 g/mol. The molecule has 168 valence electrons. The van der Waals surface area contributed by atoms with Gasteiger partial charge in [-0.3, -0.25) is 0 Å². The fraction of sp³-hybridized carbons (Fsp3) is 0.333. The Bertz CT molecular complexity index is 1160. The van der Waals surface area contributed by atoms with Gasteiger partial charge in [0.15, 0.2) is 0 Å². The highest BCUT2D eigenvalue weighted by Gasteiger charge is 2.38. The minimum atomic E-state index is -1.29. The summed E-state index contributed by atoms with van der Waals surface area (Å²) in [7, 11) is 0. The first-order chi connectivity index (χ1) is 16.0. The molecule has 33 heavy (non-hydrogen) atoms. The molecule has 0 N–H and O–H groups in total. The van der Waals surface area contributed by atoms with Gasteiger partial charge in [0.25, 0.3) is 0 Å². The standard InChI is InChI=1S/C30H30ClNO/c1-2-19-32(21-17-24(22-32)23-13-15-25(31)16-14-23)20-8-7-18-30(33)28-11-5-3-9-26(28)27-10-4-6-12-29(27)30/h3-6,9-16,24H,2,17-22H2,1H3. The Morgan fingerprint density at radius 1 is 0.939 bits per heavy atom. The minimum absolute atomic E-state index is 0.313. The summed E-state index contributed by atoms with van der Waals surface area (Å²) in [5, 5.41) is 14.9. The quantitative estimate of drug-likeness (QED) is 0.355. The number of likely N-dealkylation sites (tertiary alicyclic amines) is 1. The predicted octanol–water partition coefficient (Wildman–Crippen LogP) is 5.73. The van der Waals surface area contributed by atoms with Gasteiger partial charge in [-0.1, -0.05) is 85.1 Å². The summed E-state index contributed by atoms with van der Waals surface area (Å²) in [5.74, 6) is 7.33. The topological polar surface area (TPSA) is 23.1 Å². The highest BCUT2D eigenvalue weighted by atomic mass is 35.5. The largest absolute Gasteiger partial charge is 0.842 e. The van der Waals surface area contributed by atoms with Crippen molar-refractivity contribution in [1.29, 1.82) is 0 Å². The third-order valence-electron chi connectivity index (χ3n) is 7.49. The van der Waals surface area contributed by atoms with E-state index in [9.17, 15) is 5.11 Å². The van der Waals surface area contributed by atoms with Gasteiger partial charge in [-0.05, 0) is 57.9 Å². The fourth-order valence-electron chi connectivity index (χ4n) is 5.87. The zero-order valence-corrected chi connectivity index (χ0v) is 19.9. The maximum atomic E-state index is 14.1. The molecular formula is C30H30ClNO. The van der Waals surface area contributed by atoms with Crippen LogP contribution in [0.25, 0.3) is 11.1 Å². The second kappa shape index (κ2) is 8.99. The molecule has 5 rings (SSSR count). The molecule has 2 aliphatic rings. The molecule has 2 nitrogen and oxygen atoms in total. The van der Waals surface area contributed by atoms with E-state index in [2.05, 4.69) is 43.0 Å². The Labute approximate surface area is 202 Å². The molecule has 1 heterocycles. The molecular weight excluding hydrogens is 426 g/mol. The number of hydrogen-bond donors (Lipinski definition) is 0. The summed E-state index contributed by atoms with van der Waals surface area (Å²) in [6, 6.07) is 24.4. The summed E-state index contributed by atoms with van der Waals surface area (Å²) in [4.78, 5) is 0. The summed E-state index contributed by atoms with van der Waals surface area (Å²) < 4.78 is 1.02. The van der Waals surface area contributed by atoms with Crippen LogP contribution in [0.3, 0.4) is 0 Å². The van der Waals surface area contributed by atoms with E-state index in [-0.39, 0.29) is 0 Å². The van der Waals surface area contributed by atoms with E-state index in [1.54, 1.807) is 0 Å². The van der Waals surface area contributed by atoms with E-state index < -0.39 is 5.60 Å². The van der Waals surface area contributed by atoms with Crippen molar-refractivity contribution in [1.82, 2.24) is 0 Å². The number of nitrogens with zero attached hydrogens (tertiary/aromatic N) is 1. The molecule has 0 bridgehead atoms. The van der Waals surface area contributed by atoms with Crippen molar-refractivity contribution >= 4 is 11.6 Å². The van der Waals surface area contributed by atoms with Crippen LogP contribution in [0, 0.1) is 11.8 Å². The lowest BCUT2D eigenvalue weighted by Crippen LogP contribution is -2.46. The van der Waals surface area contributed by atoms with Crippen LogP contribution in [0.1, 0.15) is 48.8 Å². The zero-order chi connectivity index (χ0) is 22.9. The van der Waals surface area contributed by atoms with Crippen molar-refractivity contribution in [2.24, 2.45) is 0 Å². The number of hydrogen-bond acceptors (Lipinski definition) is 1. The van der Waals surface area contributed by atoms with Gasteiger partial charge >= 0.3 is 0 Å². The Balaban J connectivity index is 1.34. The molecule has 1 saturated heterocycles. The number of quaternary nitrogens is 1. The maximum absolute atomic E-state index is 14.1. The molecule has 0 radical (unpaired) electrons. The second-order valence-electron chi connectivity index (χ2n) is 9.62. The van der Waals surface area contributed by atoms with Gasteiger partial charge < -0.3 is 9.59 Å². The summed E-state index contributed by atoms with van der Waals surface area (Å²) in [6.07, 6.45) is 2.63. The molecule has 1 fully saturated rings. The molecule has 0 aromatic heterocycles. The predicted molar refractivity (Wildman–Crippen MR) is 134 cm³/mol. The van der Waals surface area contributed by atoms with Gasteiger partial charge in [-0.25, -0.2) is 0 Å². The van der Waals surface area contributed by atoms with E-state index in [0.717, 1.165) is 64.4 Å². The number of fused-ring (bicyclic) bond motifs is 3. The number of halogens is 1. The maximum Gasteiger partial charge on any atom is 0.140 e. The monoisotopic (exact) mass is 455 g/mol. The van der Waals surface area contributed by atoms with Crippen molar-refractivity contribution in [3.8, 4) is 23.0 Å². The first-order valence-electron chi connectivity index (χ1n) is 12.0. The molecule has 0 spiro atoms. The molecule has 0 saturated carbocycles. The van der Waals surface area contributed by atoms with Gasteiger partial charge in [0.2, 0.25) is 0 Å². The lowest BCUT2D eigenvalue weighted by atomic mass is 9.88. The summed E-state index contributed by atoms with van der Waals surface area (Å²) in [6.45, 7) is 6.45. The number of rotatable bonds is 5. The van der Waals surface area contributed by atoms with Gasteiger partial charge in [0.05, 0.1) is 19.6 Å². The Morgan fingerprint density at radius 2 is 1.58 bits per heavy atom. The first kappa shape index (κ1) is 22.2. The SMILES string of the molecule is CCC[N+]1(CC#CCC2([O-])c3ccccc3-c3ccccc32)CCC(c2ccc(Cl)cc2)C1. The van der Waals surface area contributed by atoms with Crippen molar-refractivity contribution < 1.29 is 9.59 Å². The fourth-order valence-corrected chi connectivity index (χ4v) is 6.00. The smallest absolute Gasteiger partial charge is 0.140 e. The van der Waals surface area contributed by atoms with Gasteiger partial charge in [0.1, 0.15) is 6.54 Å². The van der Waals surface area contributed by atoms with Crippen LogP contribution in [0.2, 0.25) is 5.02 Å².